The first kappa shape index (κ1) is 11.7. The SMILES string of the molecule is Clc1ccccc1OCCC1CCCCN1. The predicted octanol–water partition coefficient (Wildman–Crippen LogP) is 3.25. The second-order valence-electron chi connectivity index (χ2n) is 4.21. The first-order valence-electron chi connectivity index (χ1n) is 5.97. The quantitative estimate of drug-likeness (QED) is 0.871. The van der Waals surface area contributed by atoms with Crippen molar-refractivity contribution in [1.82, 2.24) is 5.32 Å². The van der Waals surface area contributed by atoms with Gasteiger partial charge in [0.2, 0.25) is 0 Å². The molecule has 16 heavy (non-hydrogen) atoms. The van der Waals surface area contributed by atoms with E-state index in [1.54, 1.807) is 0 Å². The number of para-hydroxylation sites is 1. The van der Waals surface area contributed by atoms with Crippen LogP contribution in [0.3, 0.4) is 0 Å². The average molecular weight is 240 g/mol. The van der Waals surface area contributed by atoms with Gasteiger partial charge in [-0.25, -0.2) is 0 Å². The largest absolute Gasteiger partial charge is 0.492 e. The fraction of sp³-hybridized carbons (Fsp3) is 0.538. The third-order valence-corrected chi connectivity index (χ3v) is 3.29. The van der Waals surface area contributed by atoms with Crippen molar-refractivity contribution in [3.8, 4) is 5.75 Å². The van der Waals surface area contributed by atoms with Crippen molar-refractivity contribution in [2.75, 3.05) is 13.2 Å². The molecule has 0 spiro atoms. The summed E-state index contributed by atoms with van der Waals surface area (Å²) in [5, 5.41) is 4.20. The van der Waals surface area contributed by atoms with Gasteiger partial charge in [-0.3, -0.25) is 0 Å². The molecule has 0 radical (unpaired) electrons. The van der Waals surface area contributed by atoms with Gasteiger partial charge in [-0.15, -0.1) is 0 Å². The Bertz CT molecular complexity index is 323. The maximum Gasteiger partial charge on any atom is 0.137 e. The molecule has 3 heteroatoms. The van der Waals surface area contributed by atoms with Crippen molar-refractivity contribution >= 4 is 11.6 Å². The van der Waals surface area contributed by atoms with E-state index in [9.17, 15) is 0 Å². The van der Waals surface area contributed by atoms with Crippen LogP contribution in [0.4, 0.5) is 0 Å². The number of piperidine rings is 1. The number of ether oxygens (including phenoxy) is 1. The second-order valence-corrected chi connectivity index (χ2v) is 4.62. The van der Waals surface area contributed by atoms with Crippen LogP contribution in [-0.2, 0) is 0 Å². The van der Waals surface area contributed by atoms with Crippen molar-refractivity contribution in [1.29, 1.82) is 0 Å². The molecule has 1 fully saturated rings. The summed E-state index contributed by atoms with van der Waals surface area (Å²) in [5.41, 5.74) is 0. The van der Waals surface area contributed by atoms with Gasteiger partial charge in [-0.05, 0) is 37.9 Å². The molecule has 1 saturated heterocycles. The lowest BCUT2D eigenvalue weighted by Gasteiger charge is -2.23. The Hall–Kier alpha value is -0.730. The van der Waals surface area contributed by atoms with E-state index in [2.05, 4.69) is 5.32 Å². The molecule has 1 N–H and O–H groups in total. The molecule has 2 rings (SSSR count). The van der Waals surface area contributed by atoms with E-state index in [-0.39, 0.29) is 0 Å². The Morgan fingerprint density at radius 3 is 2.94 bits per heavy atom. The molecular formula is C13H18ClNO. The first-order valence-corrected chi connectivity index (χ1v) is 6.35. The molecule has 1 unspecified atom stereocenters. The maximum atomic E-state index is 6.01. The van der Waals surface area contributed by atoms with E-state index in [0.29, 0.717) is 11.1 Å². The summed E-state index contributed by atoms with van der Waals surface area (Å²) in [6.07, 6.45) is 4.97. The molecule has 0 aliphatic carbocycles. The van der Waals surface area contributed by atoms with Crippen molar-refractivity contribution in [3.63, 3.8) is 0 Å². The molecule has 0 amide bonds. The van der Waals surface area contributed by atoms with Gasteiger partial charge in [0.05, 0.1) is 11.6 Å². The van der Waals surface area contributed by atoms with Crippen LogP contribution in [-0.4, -0.2) is 19.2 Å². The Morgan fingerprint density at radius 2 is 2.19 bits per heavy atom. The lowest BCUT2D eigenvalue weighted by atomic mass is 10.0. The van der Waals surface area contributed by atoms with Crippen LogP contribution in [0.2, 0.25) is 5.02 Å². The van der Waals surface area contributed by atoms with Crippen LogP contribution in [0, 0.1) is 0 Å². The van der Waals surface area contributed by atoms with Crippen LogP contribution >= 0.6 is 11.6 Å². The lowest BCUT2D eigenvalue weighted by Crippen LogP contribution is -2.35. The number of halogens is 1. The fourth-order valence-corrected chi connectivity index (χ4v) is 2.23. The van der Waals surface area contributed by atoms with Gasteiger partial charge in [-0.1, -0.05) is 30.2 Å². The summed E-state index contributed by atoms with van der Waals surface area (Å²) in [7, 11) is 0. The topological polar surface area (TPSA) is 21.3 Å². The Labute approximate surface area is 102 Å². The van der Waals surface area contributed by atoms with Crippen LogP contribution in [0.5, 0.6) is 5.75 Å². The fourth-order valence-electron chi connectivity index (χ4n) is 2.04. The molecule has 1 aliphatic rings. The van der Waals surface area contributed by atoms with E-state index >= 15 is 0 Å². The minimum absolute atomic E-state index is 0.622. The van der Waals surface area contributed by atoms with Crippen LogP contribution in [0.15, 0.2) is 24.3 Å². The highest BCUT2D eigenvalue weighted by Crippen LogP contribution is 2.23. The Balaban J connectivity index is 1.73. The Kier molecular flexibility index (Phi) is 4.49. The third-order valence-electron chi connectivity index (χ3n) is 2.97. The molecule has 0 saturated carbocycles. The molecule has 1 heterocycles. The normalized spacial score (nSPS) is 20.7. The zero-order valence-electron chi connectivity index (χ0n) is 9.42. The van der Waals surface area contributed by atoms with Gasteiger partial charge in [0, 0.05) is 6.04 Å². The minimum Gasteiger partial charge on any atom is -0.492 e. The van der Waals surface area contributed by atoms with E-state index in [1.807, 2.05) is 24.3 Å². The van der Waals surface area contributed by atoms with Crippen LogP contribution < -0.4 is 10.1 Å². The highest BCUT2D eigenvalue weighted by Gasteiger charge is 2.12. The van der Waals surface area contributed by atoms with Gasteiger partial charge in [-0.2, -0.15) is 0 Å². The maximum absolute atomic E-state index is 6.01. The molecule has 1 aliphatic heterocycles. The van der Waals surface area contributed by atoms with E-state index in [1.165, 1.54) is 19.3 Å². The molecule has 1 aromatic carbocycles. The highest BCUT2D eigenvalue weighted by atomic mass is 35.5. The van der Waals surface area contributed by atoms with Gasteiger partial charge in [0.15, 0.2) is 0 Å². The minimum atomic E-state index is 0.622. The molecule has 1 atom stereocenters. The van der Waals surface area contributed by atoms with Crippen molar-refractivity contribution in [3.05, 3.63) is 29.3 Å². The summed E-state index contributed by atoms with van der Waals surface area (Å²) in [6.45, 7) is 1.89. The van der Waals surface area contributed by atoms with Gasteiger partial charge >= 0.3 is 0 Å². The molecule has 88 valence electrons. The highest BCUT2D eigenvalue weighted by molar-refractivity contribution is 6.32. The predicted molar refractivity (Wildman–Crippen MR) is 67.2 cm³/mol. The van der Waals surface area contributed by atoms with E-state index in [0.717, 1.165) is 25.3 Å². The average Bonchev–Trinajstić information content (AvgIpc) is 2.33. The summed E-state index contributed by atoms with van der Waals surface area (Å²) in [6, 6.07) is 8.25. The zero-order valence-corrected chi connectivity index (χ0v) is 10.2. The smallest absolute Gasteiger partial charge is 0.137 e. The lowest BCUT2D eigenvalue weighted by molar-refractivity contribution is 0.268. The van der Waals surface area contributed by atoms with Crippen molar-refractivity contribution < 1.29 is 4.74 Å². The summed E-state index contributed by atoms with van der Waals surface area (Å²) in [4.78, 5) is 0. The monoisotopic (exact) mass is 239 g/mol. The second kappa shape index (κ2) is 6.12. The van der Waals surface area contributed by atoms with E-state index in [4.69, 9.17) is 16.3 Å². The van der Waals surface area contributed by atoms with Crippen molar-refractivity contribution in [2.45, 2.75) is 31.7 Å². The third kappa shape index (κ3) is 3.39. The molecule has 1 aromatic rings. The number of rotatable bonds is 4. The Morgan fingerprint density at radius 1 is 1.31 bits per heavy atom. The molecular weight excluding hydrogens is 222 g/mol. The van der Waals surface area contributed by atoms with Gasteiger partial charge in [0.25, 0.3) is 0 Å². The first-order chi connectivity index (χ1) is 7.86. The molecule has 0 aromatic heterocycles. The van der Waals surface area contributed by atoms with Crippen molar-refractivity contribution in [2.24, 2.45) is 0 Å². The van der Waals surface area contributed by atoms with Gasteiger partial charge in [0.1, 0.15) is 5.75 Å². The molecule has 2 nitrogen and oxygen atoms in total. The zero-order chi connectivity index (χ0) is 11.2. The van der Waals surface area contributed by atoms with E-state index < -0.39 is 0 Å². The molecule has 0 bridgehead atoms. The van der Waals surface area contributed by atoms with Gasteiger partial charge < -0.3 is 10.1 Å². The number of hydrogen-bond acceptors (Lipinski definition) is 2. The summed E-state index contributed by atoms with van der Waals surface area (Å²) in [5.74, 6) is 0.792. The number of nitrogens with one attached hydrogen (secondary N) is 1. The summed E-state index contributed by atoms with van der Waals surface area (Å²) >= 11 is 6.01. The standard InChI is InChI=1S/C13H18ClNO/c14-12-6-1-2-7-13(12)16-10-8-11-5-3-4-9-15-11/h1-2,6-7,11,15H,3-5,8-10H2. The number of benzene rings is 1. The summed E-state index contributed by atoms with van der Waals surface area (Å²) < 4.78 is 5.67. The van der Waals surface area contributed by atoms with Crippen LogP contribution in [0.1, 0.15) is 25.7 Å². The number of hydrogen-bond donors (Lipinski definition) is 1. The van der Waals surface area contributed by atoms with Crippen LogP contribution in [0.25, 0.3) is 0 Å².